The number of carbonyl (C=O) groups excluding carboxylic acids is 1. The van der Waals surface area contributed by atoms with E-state index >= 15 is 0 Å². The SMILES string of the molecule is Cc1c(C(=O)OC2CCCCC2)nnn1-c1ccc(F)cc1. The summed E-state index contributed by atoms with van der Waals surface area (Å²) in [5.41, 5.74) is 1.46. The number of aromatic nitrogens is 3. The molecule has 1 aliphatic rings. The third kappa shape index (κ3) is 3.00. The number of esters is 1. The van der Waals surface area contributed by atoms with Crippen molar-refractivity contribution in [3.8, 4) is 5.69 Å². The maximum Gasteiger partial charge on any atom is 0.361 e. The first-order valence-corrected chi connectivity index (χ1v) is 7.54. The van der Waals surface area contributed by atoms with Crippen LogP contribution in [-0.2, 0) is 4.74 Å². The van der Waals surface area contributed by atoms with Crippen LogP contribution < -0.4 is 0 Å². The second-order valence-electron chi connectivity index (χ2n) is 5.58. The molecule has 22 heavy (non-hydrogen) atoms. The molecule has 1 fully saturated rings. The van der Waals surface area contributed by atoms with Crippen LogP contribution in [0.15, 0.2) is 24.3 Å². The predicted molar refractivity (Wildman–Crippen MR) is 78.3 cm³/mol. The van der Waals surface area contributed by atoms with Gasteiger partial charge in [0.2, 0.25) is 0 Å². The summed E-state index contributed by atoms with van der Waals surface area (Å²) < 4.78 is 20.0. The molecular weight excluding hydrogens is 285 g/mol. The van der Waals surface area contributed by atoms with Gasteiger partial charge in [0.05, 0.1) is 11.4 Å². The summed E-state index contributed by atoms with van der Waals surface area (Å²) in [5.74, 6) is -0.754. The Morgan fingerprint density at radius 2 is 1.91 bits per heavy atom. The number of hydrogen-bond acceptors (Lipinski definition) is 4. The highest BCUT2D eigenvalue weighted by atomic mass is 19.1. The molecular formula is C16H18FN3O2. The minimum Gasteiger partial charge on any atom is -0.458 e. The molecule has 0 N–H and O–H groups in total. The van der Waals surface area contributed by atoms with Crippen LogP contribution in [0.2, 0.25) is 0 Å². The minimum absolute atomic E-state index is 0.0170. The highest BCUT2D eigenvalue weighted by molar-refractivity contribution is 5.88. The summed E-state index contributed by atoms with van der Waals surface area (Å²) in [6, 6.07) is 5.87. The highest BCUT2D eigenvalue weighted by Crippen LogP contribution is 2.22. The highest BCUT2D eigenvalue weighted by Gasteiger charge is 2.23. The van der Waals surface area contributed by atoms with Crippen molar-refractivity contribution in [3.63, 3.8) is 0 Å². The van der Waals surface area contributed by atoms with Gasteiger partial charge in [-0.05, 0) is 56.9 Å². The van der Waals surface area contributed by atoms with Crippen LogP contribution in [0.5, 0.6) is 0 Å². The topological polar surface area (TPSA) is 57.0 Å². The van der Waals surface area contributed by atoms with E-state index in [0.29, 0.717) is 11.4 Å². The van der Waals surface area contributed by atoms with Gasteiger partial charge < -0.3 is 4.74 Å². The van der Waals surface area contributed by atoms with Gasteiger partial charge in [-0.25, -0.2) is 13.9 Å². The molecule has 116 valence electrons. The summed E-state index contributed by atoms with van der Waals surface area (Å²) in [7, 11) is 0. The largest absolute Gasteiger partial charge is 0.458 e. The molecule has 1 heterocycles. The van der Waals surface area contributed by atoms with Gasteiger partial charge in [-0.1, -0.05) is 11.6 Å². The molecule has 0 bridgehead atoms. The molecule has 0 spiro atoms. The third-order valence-electron chi connectivity index (χ3n) is 3.99. The molecule has 0 aliphatic heterocycles. The van der Waals surface area contributed by atoms with Gasteiger partial charge in [-0.3, -0.25) is 0 Å². The van der Waals surface area contributed by atoms with Crippen molar-refractivity contribution in [1.29, 1.82) is 0 Å². The number of ether oxygens (including phenoxy) is 1. The molecule has 0 saturated heterocycles. The smallest absolute Gasteiger partial charge is 0.361 e. The van der Waals surface area contributed by atoms with E-state index in [9.17, 15) is 9.18 Å². The quantitative estimate of drug-likeness (QED) is 0.817. The molecule has 1 aromatic heterocycles. The Labute approximate surface area is 128 Å². The van der Waals surface area contributed by atoms with E-state index in [4.69, 9.17) is 4.74 Å². The van der Waals surface area contributed by atoms with Crippen LogP contribution in [0.4, 0.5) is 4.39 Å². The van der Waals surface area contributed by atoms with E-state index in [2.05, 4.69) is 10.3 Å². The van der Waals surface area contributed by atoms with Crippen molar-refractivity contribution in [2.75, 3.05) is 0 Å². The molecule has 1 aliphatic carbocycles. The Morgan fingerprint density at radius 1 is 1.23 bits per heavy atom. The molecule has 2 aromatic rings. The van der Waals surface area contributed by atoms with Crippen LogP contribution in [0.25, 0.3) is 5.69 Å². The maximum atomic E-state index is 13.0. The van der Waals surface area contributed by atoms with Crippen LogP contribution in [0, 0.1) is 12.7 Å². The monoisotopic (exact) mass is 303 g/mol. The zero-order valence-electron chi connectivity index (χ0n) is 12.5. The Balaban J connectivity index is 1.77. The van der Waals surface area contributed by atoms with E-state index < -0.39 is 5.97 Å². The van der Waals surface area contributed by atoms with Crippen molar-refractivity contribution in [2.45, 2.75) is 45.1 Å². The lowest BCUT2D eigenvalue weighted by Crippen LogP contribution is -2.21. The zero-order chi connectivity index (χ0) is 15.5. The number of carbonyl (C=O) groups is 1. The first-order chi connectivity index (χ1) is 10.6. The fourth-order valence-corrected chi connectivity index (χ4v) is 2.74. The molecule has 0 atom stereocenters. The second-order valence-corrected chi connectivity index (χ2v) is 5.58. The van der Waals surface area contributed by atoms with Gasteiger partial charge in [-0.2, -0.15) is 0 Å². The first kappa shape index (κ1) is 14.7. The Hall–Kier alpha value is -2.24. The van der Waals surface area contributed by atoms with Crippen LogP contribution in [0.3, 0.4) is 0 Å². The number of rotatable bonds is 3. The molecule has 6 heteroatoms. The summed E-state index contributed by atoms with van der Waals surface area (Å²) >= 11 is 0. The van der Waals surface area contributed by atoms with Gasteiger partial charge in [0.25, 0.3) is 0 Å². The first-order valence-electron chi connectivity index (χ1n) is 7.54. The number of nitrogens with zero attached hydrogens (tertiary/aromatic N) is 3. The van der Waals surface area contributed by atoms with Crippen LogP contribution >= 0.6 is 0 Å². The van der Waals surface area contributed by atoms with Crippen molar-refractivity contribution in [2.24, 2.45) is 0 Å². The van der Waals surface area contributed by atoms with E-state index in [0.717, 1.165) is 25.7 Å². The van der Waals surface area contributed by atoms with Crippen LogP contribution in [-0.4, -0.2) is 27.1 Å². The lowest BCUT2D eigenvalue weighted by Gasteiger charge is -2.21. The summed E-state index contributed by atoms with van der Waals surface area (Å²) in [6.07, 6.45) is 5.21. The third-order valence-corrected chi connectivity index (χ3v) is 3.99. The van der Waals surface area contributed by atoms with Crippen molar-refractivity contribution < 1.29 is 13.9 Å². The molecule has 1 saturated carbocycles. The Kier molecular flexibility index (Phi) is 4.18. The molecule has 0 unspecified atom stereocenters. The number of halogens is 1. The molecule has 0 radical (unpaired) electrons. The lowest BCUT2D eigenvalue weighted by atomic mass is 9.98. The normalized spacial score (nSPS) is 15.7. The van der Waals surface area contributed by atoms with E-state index in [1.807, 2.05) is 0 Å². The zero-order valence-corrected chi connectivity index (χ0v) is 12.5. The number of benzene rings is 1. The average Bonchev–Trinajstić information content (AvgIpc) is 2.91. The lowest BCUT2D eigenvalue weighted by molar-refractivity contribution is 0.0203. The van der Waals surface area contributed by atoms with Gasteiger partial charge >= 0.3 is 5.97 Å². The maximum absolute atomic E-state index is 13.0. The Morgan fingerprint density at radius 3 is 2.59 bits per heavy atom. The summed E-state index contributed by atoms with van der Waals surface area (Å²) in [6.45, 7) is 1.75. The van der Waals surface area contributed by atoms with Crippen molar-refractivity contribution >= 4 is 5.97 Å². The van der Waals surface area contributed by atoms with Crippen LogP contribution in [0.1, 0.15) is 48.3 Å². The fraction of sp³-hybridized carbons (Fsp3) is 0.438. The fourth-order valence-electron chi connectivity index (χ4n) is 2.74. The number of hydrogen-bond donors (Lipinski definition) is 0. The molecule has 3 rings (SSSR count). The van der Waals surface area contributed by atoms with Gasteiger partial charge in [0.15, 0.2) is 5.69 Å². The predicted octanol–water partition coefficient (Wildman–Crippen LogP) is 3.20. The Bertz CT molecular complexity index is 661. The summed E-state index contributed by atoms with van der Waals surface area (Å²) in [5, 5.41) is 7.90. The van der Waals surface area contributed by atoms with Gasteiger partial charge in [0.1, 0.15) is 11.9 Å². The van der Waals surface area contributed by atoms with Gasteiger partial charge in [-0.15, -0.1) is 5.10 Å². The van der Waals surface area contributed by atoms with E-state index in [1.165, 1.54) is 23.2 Å². The van der Waals surface area contributed by atoms with Gasteiger partial charge in [0, 0.05) is 0 Å². The summed E-state index contributed by atoms with van der Waals surface area (Å²) in [4.78, 5) is 12.2. The van der Waals surface area contributed by atoms with Crippen molar-refractivity contribution in [3.05, 3.63) is 41.5 Å². The van der Waals surface area contributed by atoms with Crippen molar-refractivity contribution in [1.82, 2.24) is 15.0 Å². The van der Waals surface area contributed by atoms with E-state index in [-0.39, 0.29) is 17.6 Å². The average molecular weight is 303 g/mol. The molecule has 1 aromatic carbocycles. The second kappa shape index (κ2) is 6.25. The molecule has 5 nitrogen and oxygen atoms in total. The van der Waals surface area contributed by atoms with E-state index in [1.54, 1.807) is 19.1 Å². The molecule has 0 amide bonds. The minimum atomic E-state index is -0.433. The standard InChI is InChI=1S/C16H18FN3O2/c1-11-15(16(21)22-14-5-3-2-4-6-14)18-19-20(11)13-9-7-12(17)8-10-13/h7-10,14H,2-6H2,1H3.